The van der Waals surface area contributed by atoms with Crippen LogP contribution in [0.25, 0.3) is 0 Å². The van der Waals surface area contributed by atoms with Crippen LogP contribution in [0, 0.1) is 0 Å². The van der Waals surface area contributed by atoms with Crippen molar-refractivity contribution in [1.82, 2.24) is 4.90 Å². The molecular weight excluding hydrogens is 346 g/mol. The van der Waals surface area contributed by atoms with Gasteiger partial charge in [-0.2, -0.15) is 0 Å². The average Bonchev–Trinajstić information content (AvgIpc) is 2.67. The summed E-state index contributed by atoms with van der Waals surface area (Å²) in [5.74, 6) is -0.289. The average molecular weight is 373 g/mol. The Labute approximate surface area is 159 Å². The first-order valence-electron chi connectivity index (χ1n) is 9.04. The Morgan fingerprint density at radius 2 is 1.70 bits per heavy atom. The van der Waals surface area contributed by atoms with Crippen molar-refractivity contribution in [2.24, 2.45) is 4.99 Å². The van der Waals surface area contributed by atoms with Gasteiger partial charge in [-0.25, -0.2) is 4.99 Å². The van der Waals surface area contributed by atoms with Crippen molar-refractivity contribution in [3.63, 3.8) is 0 Å². The van der Waals surface area contributed by atoms with Crippen molar-refractivity contribution in [3.05, 3.63) is 47.7 Å². The highest BCUT2D eigenvalue weighted by Gasteiger charge is 2.16. The molecule has 0 saturated heterocycles. The molecule has 7 heteroatoms. The minimum absolute atomic E-state index is 0.0833. The van der Waals surface area contributed by atoms with E-state index in [0.717, 1.165) is 25.2 Å². The van der Waals surface area contributed by atoms with Gasteiger partial charge < -0.3 is 20.6 Å². The number of hydrogen-bond donors (Lipinski definition) is 4. The number of aliphatic hydroxyl groups excluding tert-OH is 3. The number of rotatable bonds is 10. The normalized spacial score (nSPS) is 15.9. The van der Waals surface area contributed by atoms with Crippen LogP contribution in [0.5, 0.6) is 0 Å². The van der Waals surface area contributed by atoms with Gasteiger partial charge in [0.25, 0.3) is 0 Å². The van der Waals surface area contributed by atoms with Crippen LogP contribution >= 0.6 is 0 Å². The van der Waals surface area contributed by atoms with Gasteiger partial charge in [-0.15, -0.1) is 0 Å². The molecule has 0 aromatic heterocycles. The Balaban J connectivity index is 1.86. The summed E-state index contributed by atoms with van der Waals surface area (Å²) < 4.78 is 0. The molecule has 1 aromatic carbocycles. The molecule has 27 heavy (non-hydrogen) atoms. The summed E-state index contributed by atoms with van der Waals surface area (Å²) in [5, 5.41) is 31.3. The topological polar surface area (TPSA) is 105 Å². The molecule has 0 heterocycles. The summed E-state index contributed by atoms with van der Waals surface area (Å²) >= 11 is 0. The largest absolute Gasteiger partial charge is 0.505 e. The first-order valence-corrected chi connectivity index (χ1v) is 9.04. The van der Waals surface area contributed by atoms with Gasteiger partial charge in [0.15, 0.2) is 5.78 Å². The fraction of sp³-hybridized carbons (Fsp3) is 0.400. The first kappa shape index (κ1) is 20.8. The lowest BCUT2D eigenvalue weighted by atomic mass is 10.0. The number of aliphatic imine (C=N–C) groups is 1. The number of ketones is 1. The SMILES string of the molecule is CC1=C(O)/C(=N/c2ccc(NCCCN(CCO)CCO)cc2)C=CC1=O. The molecule has 0 aliphatic heterocycles. The van der Waals surface area contributed by atoms with Crippen LogP contribution in [-0.2, 0) is 4.79 Å². The maximum Gasteiger partial charge on any atom is 0.185 e. The fourth-order valence-electron chi connectivity index (χ4n) is 2.70. The molecule has 2 rings (SSSR count). The van der Waals surface area contributed by atoms with Crippen molar-refractivity contribution >= 4 is 22.9 Å². The highest BCUT2D eigenvalue weighted by molar-refractivity contribution is 6.21. The van der Waals surface area contributed by atoms with Crippen LogP contribution in [0.2, 0.25) is 0 Å². The van der Waals surface area contributed by atoms with Gasteiger partial charge in [0.1, 0.15) is 11.5 Å². The molecule has 7 nitrogen and oxygen atoms in total. The van der Waals surface area contributed by atoms with Crippen LogP contribution in [0.4, 0.5) is 11.4 Å². The second-order valence-corrected chi connectivity index (χ2v) is 6.28. The van der Waals surface area contributed by atoms with E-state index in [-0.39, 0.29) is 24.8 Å². The Kier molecular flexibility index (Phi) is 8.19. The third kappa shape index (κ3) is 6.32. The summed E-state index contributed by atoms with van der Waals surface area (Å²) in [6.07, 6.45) is 3.81. The Morgan fingerprint density at radius 3 is 2.33 bits per heavy atom. The van der Waals surface area contributed by atoms with Gasteiger partial charge in [0, 0.05) is 30.9 Å². The van der Waals surface area contributed by atoms with Crippen LogP contribution in [-0.4, -0.2) is 71.1 Å². The molecule has 1 aliphatic carbocycles. The van der Waals surface area contributed by atoms with Gasteiger partial charge in [-0.3, -0.25) is 9.69 Å². The van der Waals surface area contributed by atoms with Crippen LogP contribution in [0.15, 0.2) is 52.7 Å². The number of nitrogens with zero attached hydrogens (tertiary/aromatic N) is 2. The van der Waals surface area contributed by atoms with E-state index in [9.17, 15) is 9.90 Å². The summed E-state index contributed by atoms with van der Waals surface area (Å²) in [6.45, 7) is 4.46. The third-order valence-corrected chi connectivity index (χ3v) is 4.29. The number of carbonyl (C=O) groups excluding carboxylic acids is 1. The van der Waals surface area contributed by atoms with Crippen LogP contribution in [0.1, 0.15) is 13.3 Å². The third-order valence-electron chi connectivity index (χ3n) is 4.29. The minimum atomic E-state index is -0.206. The van der Waals surface area contributed by atoms with E-state index < -0.39 is 0 Å². The van der Waals surface area contributed by atoms with Crippen LogP contribution in [0.3, 0.4) is 0 Å². The van der Waals surface area contributed by atoms with Gasteiger partial charge in [0.05, 0.1) is 18.9 Å². The van der Waals surface area contributed by atoms with Crippen molar-refractivity contribution in [1.29, 1.82) is 0 Å². The number of hydrogen-bond acceptors (Lipinski definition) is 7. The number of allylic oxidation sites excluding steroid dienone is 3. The zero-order valence-corrected chi connectivity index (χ0v) is 15.6. The smallest absolute Gasteiger partial charge is 0.185 e. The second-order valence-electron chi connectivity index (χ2n) is 6.28. The number of aliphatic hydroxyl groups is 3. The van der Waals surface area contributed by atoms with Crippen molar-refractivity contribution < 1.29 is 20.1 Å². The monoisotopic (exact) mass is 373 g/mol. The lowest BCUT2D eigenvalue weighted by Gasteiger charge is -2.20. The predicted molar refractivity (Wildman–Crippen MR) is 107 cm³/mol. The predicted octanol–water partition coefficient (Wildman–Crippen LogP) is 1.82. The number of benzene rings is 1. The molecule has 0 radical (unpaired) electrons. The van der Waals surface area contributed by atoms with E-state index in [1.54, 1.807) is 6.92 Å². The fourth-order valence-corrected chi connectivity index (χ4v) is 2.70. The van der Waals surface area contributed by atoms with E-state index in [1.165, 1.54) is 12.2 Å². The van der Waals surface area contributed by atoms with E-state index in [2.05, 4.69) is 10.3 Å². The van der Waals surface area contributed by atoms with Gasteiger partial charge in [0.2, 0.25) is 0 Å². The summed E-state index contributed by atoms with van der Waals surface area (Å²) in [5.41, 5.74) is 2.32. The highest BCUT2D eigenvalue weighted by atomic mass is 16.3. The van der Waals surface area contributed by atoms with E-state index >= 15 is 0 Å². The number of nitrogens with one attached hydrogen (secondary N) is 1. The molecule has 0 unspecified atom stereocenters. The molecule has 146 valence electrons. The van der Waals surface area contributed by atoms with Crippen molar-refractivity contribution in [2.75, 3.05) is 44.7 Å². The Hall–Kier alpha value is -2.48. The summed E-state index contributed by atoms with van der Waals surface area (Å²) in [6, 6.07) is 7.49. The van der Waals surface area contributed by atoms with Crippen molar-refractivity contribution in [3.8, 4) is 0 Å². The molecule has 0 fully saturated rings. The van der Waals surface area contributed by atoms with Gasteiger partial charge >= 0.3 is 0 Å². The van der Waals surface area contributed by atoms with Crippen LogP contribution < -0.4 is 5.32 Å². The lowest BCUT2D eigenvalue weighted by Crippen LogP contribution is -2.31. The van der Waals surface area contributed by atoms with Gasteiger partial charge in [-0.1, -0.05) is 0 Å². The quantitative estimate of drug-likeness (QED) is 0.368. The van der Waals surface area contributed by atoms with Gasteiger partial charge in [-0.05, 0) is 56.3 Å². The molecule has 0 bridgehead atoms. The standard InChI is InChI=1S/C20H27N3O4/c1-15-19(26)8-7-18(20(15)27)22-17-5-3-16(4-6-17)21-9-2-10-23(11-13-24)12-14-25/h3-8,21,24-25,27H,2,9-14H2,1H3/b22-18+. The Morgan fingerprint density at radius 1 is 1.04 bits per heavy atom. The molecule has 0 spiro atoms. The second kappa shape index (κ2) is 10.6. The zero-order valence-electron chi connectivity index (χ0n) is 15.6. The first-order chi connectivity index (χ1) is 13.0. The van der Waals surface area contributed by atoms with E-state index in [4.69, 9.17) is 10.2 Å². The van der Waals surface area contributed by atoms with Crippen molar-refractivity contribution in [2.45, 2.75) is 13.3 Å². The maximum absolute atomic E-state index is 11.5. The van der Waals surface area contributed by atoms with E-state index in [1.807, 2.05) is 29.2 Å². The summed E-state index contributed by atoms with van der Waals surface area (Å²) in [4.78, 5) is 17.9. The number of anilines is 1. The molecular formula is C20H27N3O4. The molecule has 1 aromatic rings. The molecule has 0 atom stereocenters. The lowest BCUT2D eigenvalue weighted by molar-refractivity contribution is -0.111. The maximum atomic E-state index is 11.5. The molecule has 0 amide bonds. The zero-order chi connectivity index (χ0) is 19.6. The molecule has 0 saturated carbocycles. The summed E-state index contributed by atoms with van der Waals surface area (Å²) in [7, 11) is 0. The Bertz CT molecular complexity index is 717. The minimum Gasteiger partial charge on any atom is -0.505 e. The molecule has 4 N–H and O–H groups in total. The number of carbonyl (C=O) groups is 1. The van der Waals surface area contributed by atoms with E-state index in [0.29, 0.717) is 30.1 Å². The molecule has 1 aliphatic rings. The highest BCUT2D eigenvalue weighted by Crippen LogP contribution is 2.20.